The van der Waals surface area contributed by atoms with Crippen LogP contribution in [0.25, 0.3) is 0 Å². The molecule has 1 aromatic rings. The van der Waals surface area contributed by atoms with Crippen LogP contribution in [0.3, 0.4) is 0 Å². The van der Waals surface area contributed by atoms with E-state index in [9.17, 15) is 14.9 Å². The minimum Gasteiger partial charge on any atom is -0.348 e. The maximum absolute atomic E-state index is 12.1. The van der Waals surface area contributed by atoms with Crippen LogP contribution in [0.5, 0.6) is 0 Å². The van der Waals surface area contributed by atoms with Crippen LogP contribution in [-0.4, -0.2) is 51.1 Å². The van der Waals surface area contributed by atoms with E-state index in [4.69, 9.17) is 0 Å². The molecule has 0 saturated carbocycles. The number of H-pyrrole nitrogens is 1. The first-order valence-corrected chi connectivity index (χ1v) is 6.77. The summed E-state index contributed by atoms with van der Waals surface area (Å²) >= 11 is 0. The van der Waals surface area contributed by atoms with Gasteiger partial charge < -0.3 is 10.2 Å². The van der Waals surface area contributed by atoms with E-state index in [2.05, 4.69) is 27.5 Å². The molecule has 2 fully saturated rings. The van der Waals surface area contributed by atoms with Gasteiger partial charge in [0, 0.05) is 18.1 Å². The number of nitrogens with one attached hydrogen (secondary N) is 2. The number of rotatable bonds is 3. The van der Waals surface area contributed by atoms with E-state index in [1.165, 1.54) is 0 Å². The lowest BCUT2D eigenvalue weighted by atomic mass is 9.98. The summed E-state index contributed by atoms with van der Waals surface area (Å²) in [5.74, 6) is -0.442. The quantitative estimate of drug-likeness (QED) is 0.625. The molecule has 108 valence electrons. The van der Waals surface area contributed by atoms with Gasteiger partial charge >= 0.3 is 5.69 Å². The molecule has 3 atom stereocenters. The first kappa shape index (κ1) is 13.0. The molecule has 2 bridgehead atoms. The maximum Gasteiger partial charge on any atom is 0.319 e. The highest BCUT2D eigenvalue weighted by atomic mass is 16.6. The minimum atomic E-state index is -0.600. The molecular formula is C12H17N5O3. The number of amides is 1. The molecule has 1 amide bonds. The van der Waals surface area contributed by atoms with Crippen molar-refractivity contribution in [2.24, 2.45) is 0 Å². The Kier molecular flexibility index (Phi) is 3.17. The van der Waals surface area contributed by atoms with Crippen molar-refractivity contribution in [2.75, 3.05) is 7.05 Å². The van der Waals surface area contributed by atoms with Gasteiger partial charge in [0.15, 0.2) is 0 Å². The molecule has 1 aromatic heterocycles. The third-order valence-corrected chi connectivity index (χ3v) is 4.48. The zero-order valence-electron chi connectivity index (χ0n) is 11.2. The Balaban J connectivity index is 1.68. The van der Waals surface area contributed by atoms with E-state index in [0.717, 1.165) is 31.9 Å². The average Bonchev–Trinajstić information content (AvgIpc) is 2.94. The van der Waals surface area contributed by atoms with E-state index in [0.29, 0.717) is 12.1 Å². The van der Waals surface area contributed by atoms with Gasteiger partial charge in [0.1, 0.15) is 6.20 Å². The van der Waals surface area contributed by atoms with Crippen LogP contribution in [0.2, 0.25) is 0 Å². The summed E-state index contributed by atoms with van der Waals surface area (Å²) in [5, 5.41) is 19.7. The zero-order valence-corrected chi connectivity index (χ0v) is 11.2. The standard InChI is InChI=1S/C12H17N5O3/c1-16-8-2-3-9(16)5-7(4-8)14-12(18)11-10(17(19)20)6-13-15-11/h6-9H,2-5H2,1H3,(H,13,15)(H,14,18)/t7?,8-,9+. The highest BCUT2D eigenvalue weighted by Gasteiger charge is 2.39. The second-order valence-electron chi connectivity index (χ2n) is 5.58. The number of fused-ring (bicyclic) bond motifs is 2. The first-order chi connectivity index (χ1) is 9.56. The molecular weight excluding hydrogens is 262 g/mol. The van der Waals surface area contributed by atoms with Gasteiger partial charge in [-0.05, 0) is 32.7 Å². The summed E-state index contributed by atoms with van der Waals surface area (Å²) in [7, 11) is 2.13. The Labute approximate surface area is 115 Å². The predicted molar refractivity (Wildman–Crippen MR) is 70.3 cm³/mol. The Morgan fingerprint density at radius 2 is 2.15 bits per heavy atom. The number of nitrogens with zero attached hydrogens (tertiary/aromatic N) is 3. The highest BCUT2D eigenvalue weighted by molar-refractivity contribution is 5.96. The average molecular weight is 279 g/mol. The maximum atomic E-state index is 12.1. The number of nitro groups is 1. The lowest BCUT2D eigenvalue weighted by Crippen LogP contribution is -2.48. The van der Waals surface area contributed by atoms with Crippen LogP contribution < -0.4 is 5.32 Å². The molecule has 2 saturated heterocycles. The summed E-state index contributed by atoms with van der Waals surface area (Å²) in [4.78, 5) is 24.7. The minimum absolute atomic E-state index is 0.0683. The summed E-state index contributed by atoms with van der Waals surface area (Å²) in [6.07, 6.45) is 5.20. The molecule has 20 heavy (non-hydrogen) atoms. The first-order valence-electron chi connectivity index (χ1n) is 6.77. The fraction of sp³-hybridized carbons (Fsp3) is 0.667. The largest absolute Gasteiger partial charge is 0.348 e. The van der Waals surface area contributed by atoms with Crippen molar-refractivity contribution in [3.63, 3.8) is 0 Å². The molecule has 3 heterocycles. The molecule has 8 nitrogen and oxygen atoms in total. The third-order valence-electron chi connectivity index (χ3n) is 4.48. The third kappa shape index (κ3) is 2.15. The number of piperidine rings is 1. The van der Waals surface area contributed by atoms with Crippen molar-refractivity contribution in [3.8, 4) is 0 Å². The number of carbonyl (C=O) groups excluding carboxylic acids is 1. The molecule has 0 spiro atoms. The number of carbonyl (C=O) groups is 1. The lowest BCUT2D eigenvalue weighted by molar-refractivity contribution is -0.385. The van der Waals surface area contributed by atoms with Crippen molar-refractivity contribution in [3.05, 3.63) is 22.0 Å². The molecule has 8 heteroatoms. The summed E-state index contributed by atoms with van der Waals surface area (Å²) in [6, 6.07) is 1.10. The topological polar surface area (TPSA) is 104 Å². The molecule has 0 aromatic carbocycles. The van der Waals surface area contributed by atoms with Gasteiger partial charge in [-0.15, -0.1) is 0 Å². The molecule has 3 rings (SSSR count). The monoisotopic (exact) mass is 279 g/mol. The van der Waals surface area contributed by atoms with Gasteiger partial charge in [0.05, 0.1) is 4.92 Å². The molecule has 0 radical (unpaired) electrons. The van der Waals surface area contributed by atoms with Crippen molar-refractivity contribution >= 4 is 11.6 Å². The fourth-order valence-electron chi connectivity index (χ4n) is 3.37. The van der Waals surface area contributed by atoms with E-state index in [1.54, 1.807) is 0 Å². The van der Waals surface area contributed by atoms with Crippen LogP contribution in [0, 0.1) is 10.1 Å². The Hall–Kier alpha value is -1.96. The van der Waals surface area contributed by atoms with Gasteiger partial charge in [-0.3, -0.25) is 20.0 Å². The summed E-state index contributed by atoms with van der Waals surface area (Å²) in [6.45, 7) is 0. The van der Waals surface area contributed by atoms with Crippen molar-refractivity contribution in [2.45, 2.75) is 43.8 Å². The van der Waals surface area contributed by atoms with Crippen molar-refractivity contribution in [1.82, 2.24) is 20.4 Å². The van der Waals surface area contributed by atoms with Gasteiger partial charge in [0.2, 0.25) is 5.69 Å². The van der Waals surface area contributed by atoms with Gasteiger partial charge in [-0.2, -0.15) is 5.10 Å². The van der Waals surface area contributed by atoms with Crippen LogP contribution >= 0.6 is 0 Å². The van der Waals surface area contributed by atoms with E-state index < -0.39 is 10.8 Å². The van der Waals surface area contributed by atoms with Gasteiger partial charge in [0.25, 0.3) is 5.91 Å². The highest BCUT2D eigenvalue weighted by Crippen LogP contribution is 2.34. The molecule has 2 N–H and O–H groups in total. The van der Waals surface area contributed by atoms with Crippen LogP contribution in [0.1, 0.15) is 36.2 Å². The number of hydrogen-bond donors (Lipinski definition) is 2. The van der Waals surface area contributed by atoms with Gasteiger partial charge in [-0.1, -0.05) is 0 Å². The number of hydrogen-bond acceptors (Lipinski definition) is 5. The van der Waals surface area contributed by atoms with E-state index in [1.807, 2.05) is 0 Å². The Morgan fingerprint density at radius 3 is 2.75 bits per heavy atom. The molecule has 2 aliphatic heterocycles. The summed E-state index contributed by atoms with van der Waals surface area (Å²) in [5.41, 5.74) is -0.348. The molecule has 1 unspecified atom stereocenters. The van der Waals surface area contributed by atoms with Crippen molar-refractivity contribution in [1.29, 1.82) is 0 Å². The normalized spacial score (nSPS) is 29.4. The van der Waals surface area contributed by atoms with Crippen molar-refractivity contribution < 1.29 is 9.72 Å². The Morgan fingerprint density at radius 1 is 1.50 bits per heavy atom. The van der Waals surface area contributed by atoms with Gasteiger partial charge in [-0.25, -0.2) is 0 Å². The Bertz CT molecular complexity index is 529. The fourth-order valence-corrected chi connectivity index (χ4v) is 3.37. The van der Waals surface area contributed by atoms with Crippen LogP contribution in [-0.2, 0) is 0 Å². The summed E-state index contributed by atoms with van der Waals surface area (Å²) < 4.78 is 0. The second-order valence-corrected chi connectivity index (χ2v) is 5.58. The second kappa shape index (κ2) is 4.86. The van der Waals surface area contributed by atoms with Crippen LogP contribution in [0.4, 0.5) is 5.69 Å². The van der Waals surface area contributed by atoms with E-state index >= 15 is 0 Å². The SMILES string of the molecule is CN1[C@@H]2CC[C@H]1CC(NC(=O)c1[nH]ncc1[N+](=O)[O-])C2. The molecule has 2 aliphatic rings. The predicted octanol–water partition coefficient (Wildman–Crippen LogP) is 0.673. The zero-order chi connectivity index (χ0) is 14.3. The van der Waals surface area contributed by atoms with Crippen LogP contribution in [0.15, 0.2) is 6.20 Å². The van der Waals surface area contributed by atoms with E-state index in [-0.39, 0.29) is 17.4 Å². The molecule has 0 aliphatic carbocycles. The number of aromatic amines is 1. The lowest BCUT2D eigenvalue weighted by Gasteiger charge is -2.36. The smallest absolute Gasteiger partial charge is 0.319 e. The number of aromatic nitrogens is 2.